The lowest BCUT2D eigenvalue weighted by Gasteiger charge is -2.09. The van der Waals surface area contributed by atoms with Crippen LogP contribution in [0.15, 0.2) is 30.3 Å². The standard InChI is InChI=1S/C14H13N3O/c1-9-3-4-11(8-15)7-13(9)18-14-6-5-12(16)10(2)17-14/h3-7H,16H2,1-2H3. The Morgan fingerprint density at radius 2 is 2.00 bits per heavy atom. The largest absolute Gasteiger partial charge is 0.439 e. The monoisotopic (exact) mass is 239 g/mol. The van der Waals surface area contributed by atoms with Crippen molar-refractivity contribution >= 4 is 5.69 Å². The molecule has 90 valence electrons. The first kappa shape index (κ1) is 11.9. The van der Waals surface area contributed by atoms with Gasteiger partial charge in [-0.2, -0.15) is 5.26 Å². The first-order valence-corrected chi connectivity index (χ1v) is 5.52. The van der Waals surface area contributed by atoms with E-state index in [0.29, 0.717) is 22.9 Å². The maximum absolute atomic E-state index is 8.86. The van der Waals surface area contributed by atoms with Crippen molar-refractivity contribution in [2.45, 2.75) is 13.8 Å². The molecule has 0 amide bonds. The van der Waals surface area contributed by atoms with Crippen LogP contribution in [0.1, 0.15) is 16.8 Å². The second kappa shape index (κ2) is 4.76. The molecule has 0 atom stereocenters. The number of rotatable bonds is 2. The quantitative estimate of drug-likeness (QED) is 0.874. The predicted molar refractivity (Wildman–Crippen MR) is 69.4 cm³/mol. The lowest BCUT2D eigenvalue weighted by Crippen LogP contribution is -1.96. The highest BCUT2D eigenvalue weighted by atomic mass is 16.5. The van der Waals surface area contributed by atoms with E-state index in [9.17, 15) is 0 Å². The number of hydrogen-bond acceptors (Lipinski definition) is 4. The van der Waals surface area contributed by atoms with Gasteiger partial charge in [0.2, 0.25) is 5.88 Å². The van der Waals surface area contributed by atoms with Crippen molar-refractivity contribution in [3.63, 3.8) is 0 Å². The van der Waals surface area contributed by atoms with Crippen LogP contribution in [-0.2, 0) is 0 Å². The molecule has 0 saturated heterocycles. The van der Waals surface area contributed by atoms with Crippen molar-refractivity contribution in [1.29, 1.82) is 5.26 Å². The topological polar surface area (TPSA) is 71.9 Å². The molecular formula is C14H13N3O. The number of hydrogen-bond donors (Lipinski definition) is 1. The summed E-state index contributed by atoms with van der Waals surface area (Å²) in [6.45, 7) is 3.74. The van der Waals surface area contributed by atoms with Gasteiger partial charge in [0.15, 0.2) is 0 Å². The van der Waals surface area contributed by atoms with E-state index in [1.807, 2.05) is 19.9 Å². The predicted octanol–water partition coefficient (Wildman–Crippen LogP) is 2.94. The lowest BCUT2D eigenvalue weighted by molar-refractivity contribution is 0.458. The molecule has 1 aromatic carbocycles. The van der Waals surface area contributed by atoms with Gasteiger partial charge in [0.1, 0.15) is 5.75 Å². The molecule has 0 bridgehead atoms. The van der Waals surface area contributed by atoms with Crippen LogP contribution >= 0.6 is 0 Å². The highest BCUT2D eigenvalue weighted by molar-refractivity contribution is 5.46. The number of pyridine rings is 1. The van der Waals surface area contributed by atoms with Crippen LogP contribution in [0, 0.1) is 25.2 Å². The Morgan fingerprint density at radius 1 is 1.22 bits per heavy atom. The number of nitrogens with zero attached hydrogens (tertiary/aromatic N) is 2. The molecule has 18 heavy (non-hydrogen) atoms. The van der Waals surface area contributed by atoms with E-state index in [4.69, 9.17) is 15.7 Å². The lowest BCUT2D eigenvalue weighted by atomic mass is 10.1. The number of nitrogens with two attached hydrogens (primary N) is 1. The van der Waals surface area contributed by atoms with Gasteiger partial charge < -0.3 is 10.5 Å². The number of nitrogen functional groups attached to an aromatic ring is 1. The summed E-state index contributed by atoms with van der Waals surface area (Å²) in [6, 6.07) is 10.8. The van der Waals surface area contributed by atoms with Crippen molar-refractivity contribution in [1.82, 2.24) is 4.98 Å². The van der Waals surface area contributed by atoms with Crippen LogP contribution in [0.4, 0.5) is 5.69 Å². The summed E-state index contributed by atoms with van der Waals surface area (Å²) in [5, 5.41) is 8.86. The maximum Gasteiger partial charge on any atom is 0.219 e. The third-order valence-corrected chi connectivity index (χ3v) is 2.63. The van der Waals surface area contributed by atoms with Crippen molar-refractivity contribution in [2.24, 2.45) is 0 Å². The molecule has 0 radical (unpaired) electrons. The minimum Gasteiger partial charge on any atom is -0.439 e. The highest BCUT2D eigenvalue weighted by Crippen LogP contribution is 2.25. The molecule has 2 rings (SSSR count). The number of benzene rings is 1. The molecule has 1 aromatic heterocycles. The van der Waals surface area contributed by atoms with Gasteiger partial charge in [-0.05, 0) is 37.6 Å². The van der Waals surface area contributed by atoms with E-state index in [1.165, 1.54) is 0 Å². The minimum atomic E-state index is 0.472. The summed E-state index contributed by atoms with van der Waals surface area (Å²) >= 11 is 0. The molecule has 0 spiro atoms. The molecule has 1 heterocycles. The van der Waals surface area contributed by atoms with Gasteiger partial charge in [-0.25, -0.2) is 4.98 Å². The Labute approximate surface area is 106 Å². The number of ether oxygens (including phenoxy) is 1. The summed E-state index contributed by atoms with van der Waals surface area (Å²) in [6.07, 6.45) is 0. The van der Waals surface area contributed by atoms with Gasteiger partial charge in [-0.1, -0.05) is 6.07 Å². The molecule has 4 heteroatoms. The van der Waals surface area contributed by atoms with Gasteiger partial charge in [-0.3, -0.25) is 0 Å². The SMILES string of the molecule is Cc1ccc(C#N)cc1Oc1ccc(N)c(C)n1. The zero-order chi connectivity index (χ0) is 13.1. The van der Waals surface area contributed by atoms with Gasteiger partial charge in [-0.15, -0.1) is 0 Å². The average Bonchev–Trinajstić information content (AvgIpc) is 2.36. The molecular weight excluding hydrogens is 226 g/mol. The minimum absolute atomic E-state index is 0.472. The third kappa shape index (κ3) is 2.41. The van der Waals surface area contributed by atoms with Crippen LogP contribution in [-0.4, -0.2) is 4.98 Å². The fraction of sp³-hybridized carbons (Fsp3) is 0.143. The average molecular weight is 239 g/mol. The molecule has 0 aliphatic carbocycles. The fourth-order valence-electron chi connectivity index (χ4n) is 1.50. The molecule has 0 unspecified atom stereocenters. The number of anilines is 1. The Kier molecular flexibility index (Phi) is 3.16. The van der Waals surface area contributed by atoms with Gasteiger partial charge in [0.05, 0.1) is 23.0 Å². The molecule has 2 aromatic rings. The summed E-state index contributed by atoms with van der Waals surface area (Å²) in [5.74, 6) is 1.10. The van der Waals surface area contributed by atoms with E-state index in [2.05, 4.69) is 11.1 Å². The van der Waals surface area contributed by atoms with Crippen LogP contribution in [0.2, 0.25) is 0 Å². The van der Waals surface area contributed by atoms with Gasteiger partial charge in [0.25, 0.3) is 0 Å². The van der Waals surface area contributed by atoms with E-state index in [-0.39, 0.29) is 0 Å². The summed E-state index contributed by atoms with van der Waals surface area (Å²) < 4.78 is 5.67. The van der Waals surface area contributed by atoms with Crippen molar-refractivity contribution in [3.8, 4) is 17.7 Å². The Morgan fingerprint density at radius 3 is 2.67 bits per heavy atom. The number of aromatic nitrogens is 1. The Bertz CT molecular complexity index is 629. The number of nitriles is 1. The van der Waals surface area contributed by atoms with Crippen LogP contribution < -0.4 is 10.5 Å². The first-order chi connectivity index (χ1) is 8.60. The second-order valence-electron chi connectivity index (χ2n) is 4.02. The number of aryl methyl sites for hydroxylation is 2. The van der Waals surface area contributed by atoms with Crippen molar-refractivity contribution in [2.75, 3.05) is 5.73 Å². The van der Waals surface area contributed by atoms with Crippen LogP contribution in [0.3, 0.4) is 0 Å². The van der Waals surface area contributed by atoms with Crippen molar-refractivity contribution < 1.29 is 4.74 Å². The summed E-state index contributed by atoms with van der Waals surface area (Å²) in [5.41, 5.74) is 8.56. The summed E-state index contributed by atoms with van der Waals surface area (Å²) in [7, 11) is 0. The van der Waals surface area contributed by atoms with Crippen LogP contribution in [0.5, 0.6) is 11.6 Å². The zero-order valence-electron chi connectivity index (χ0n) is 10.3. The molecule has 0 saturated carbocycles. The second-order valence-corrected chi connectivity index (χ2v) is 4.02. The molecule has 0 aliphatic heterocycles. The Balaban J connectivity index is 2.33. The van der Waals surface area contributed by atoms with E-state index in [1.54, 1.807) is 24.3 Å². The van der Waals surface area contributed by atoms with E-state index >= 15 is 0 Å². The van der Waals surface area contributed by atoms with Gasteiger partial charge in [0, 0.05) is 6.07 Å². The normalized spacial score (nSPS) is 9.83. The molecule has 0 fully saturated rings. The molecule has 2 N–H and O–H groups in total. The first-order valence-electron chi connectivity index (χ1n) is 5.52. The smallest absolute Gasteiger partial charge is 0.219 e. The Hall–Kier alpha value is -2.54. The molecule has 0 aliphatic rings. The summed E-state index contributed by atoms with van der Waals surface area (Å²) in [4.78, 5) is 4.23. The maximum atomic E-state index is 8.86. The van der Waals surface area contributed by atoms with E-state index in [0.717, 1.165) is 11.3 Å². The zero-order valence-corrected chi connectivity index (χ0v) is 10.3. The van der Waals surface area contributed by atoms with Gasteiger partial charge >= 0.3 is 0 Å². The molecule has 4 nitrogen and oxygen atoms in total. The third-order valence-electron chi connectivity index (χ3n) is 2.63. The fourth-order valence-corrected chi connectivity index (χ4v) is 1.50. The van der Waals surface area contributed by atoms with Crippen molar-refractivity contribution in [3.05, 3.63) is 47.2 Å². The highest BCUT2D eigenvalue weighted by Gasteiger charge is 2.05. The van der Waals surface area contributed by atoms with Crippen LogP contribution in [0.25, 0.3) is 0 Å². The van der Waals surface area contributed by atoms with E-state index < -0.39 is 0 Å².